The molecular weight excluding hydrogens is 784 g/mol. The molecule has 0 fully saturated rings. The molecule has 2 radical (unpaired) electrons. The molecule has 0 amide bonds. The summed E-state index contributed by atoms with van der Waals surface area (Å²) in [5, 5.41) is 5.44. The van der Waals surface area contributed by atoms with Crippen LogP contribution in [0, 0.1) is 70.2 Å². The number of fused-ring (bicyclic) bond motifs is 3. The predicted molar refractivity (Wildman–Crippen MR) is 249 cm³/mol. The Morgan fingerprint density at radius 2 is 0.930 bits per heavy atom. The van der Waals surface area contributed by atoms with Crippen LogP contribution in [0.2, 0.25) is 0 Å². The zero-order valence-electron chi connectivity index (χ0n) is 37.1. The number of rotatable bonds is 4. The summed E-state index contributed by atoms with van der Waals surface area (Å²) in [5.41, 5.74) is 23.3. The van der Waals surface area contributed by atoms with Crippen molar-refractivity contribution in [1.29, 1.82) is 0 Å². The van der Waals surface area contributed by atoms with Crippen molar-refractivity contribution in [3.8, 4) is 39.1 Å². The second-order valence-corrected chi connectivity index (χ2v) is 17.2. The van der Waals surface area contributed by atoms with Crippen molar-refractivity contribution in [2.75, 3.05) is 7.11 Å². The summed E-state index contributed by atoms with van der Waals surface area (Å²) in [6.07, 6.45) is 3.64. The standard InChI is InChI=1S/C29H29.C23H27O.2CH3.Si.Zr/c1-17-9-18(2)12-22(11-17)28-24-7-6-8-25(24)29(27-16-21(5)15-26(27)28)23-13-19(3)10-20(4)14-23;1-14-8-15(2)11-18(10-14)21-19-12-16(3)9-17(19)13-20(22(21)24-7)23(4,5)6;;;;/h9-16H,6-8H2,1-5H3;8-13H,1-7H3;2*1H3;;/q4*-1;;. The van der Waals surface area contributed by atoms with E-state index < -0.39 is 0 Å². The van der Waals surface area contributed by atoms with Gasteiger partial charge < -0.3 is 19.6 Å². The predicted octanol–water partition coefficient (Wildman–Crippen LogP) is 14.9. The summed E-state index contributed by atoms with van der Waals surface area (Å²) in [7, 11) is 1.79. The second kappa shape index (κ2) is 18.4. The Morgan fingerprint density at radius 1 is 0.526 bits per heavy atom. The molecular formula is C54H62OSiZr-4. The summed E-state index contributed by atoms with van der Waals surface area (Å²) < 4.78 is 5.95. The van der Waals surface area contributed by atoms with Crippen molar-refractivity contribution in [1.82, 2.24) is 0 Å². The van der Waals surface area contributed by atoms with Gasteiger partial charge in [0.15, 0.2) is 0 Å². The second-order valence-electron chi connectivity index (χ2n) is 17.2. The van der Waals surface area contributed by atoms with Gasteiger partial charge in [-0.25, -0.2) is 0 Å². The van der Waals surface area contributed by atoms with Crippen LogP contribution in [0.1, 0.15) is 88.4 Å². The van der Waals surface area contributed by atoms with Crippen LogP contribution in [0.4, 0.5) is 0 Å². The Hall–Kier alpha value is -3.78. The minimum absolute atomic E-state index is 0. The van der Waals surface area contributed by atoms with Crippen molar-refractivity contribution < 1.29 is 28.1 Å². The Labute approximate surface area is 362 Å². The SMILES string of the molecule is COc1c(C(C)(C)C)cc2[cH-]c(C)cc2c1-c1cc(C)cc(C)c1.Cc1cc(C)cc(-c2c3c(c(-c4cc(C)cc(C)c4)c4[cH-]c(C)cc24)CCC3)c1.[CH3-].[CH3-].[Si]=[Zr]. The Balaban J connectivity index is 0.000000238. The molecule has 0 saturated heterocycles. The molecule has 0 N–H and O–H groups in total. The van der Waals surface area contributed by atoms with Gasteiger partial charge in [0.25, 0.3) is 0 Å². The van der Waals surface area contributed by atoms with Gasteiger partial charge in [0.2, 0.25) is 0 Å². The Bertz CT molecular complexity index is 2390. The van der Waals surface area contributed by atoms with E-state index in [9.17, 15) is 0 Å². The fourth-order valence-corrected chi connectivity index (χ4v) is 9.25. The minimum atomic E-state index is 0. The number of ether oxygens (including phenoxy) is 1. The van der Waals surface area contributed by atoms with Crippen LogP contribution in [0.5, 0.6) is 5.75 Å². The zero-order valence-corrected chi connectivity index (χ0v) is 40.6. The van der Waals surface area contributed by atoms with Crippen LogP contribution in [-0.2, 0) is 41.6 Å². The molecule has 0 spiro atoms. The van der Waals surface area contributed by atoms with E-state index in [2.05, 4.69) is 168 Å². The number of aryl methyl sites for hydroxylation is 8. The average molecular weight is 846 g/mol. The van der Waals surface area contributed by atoms with E-state index >= 15 is 0 Å². The molecule has 0 aromatic heterocycles. The van der Waals surface area contributed by atoms with E-state index in [1.807, 2.05) is 0 Å². The van der Waals surface area contributed by atoms with Gasteiger partial charge >= 0.3 is 30.2 Å². The van der Waals surface area contributed by atoms with Gasteiger partial charge in [0.05, 0.1) is 7.11 Å². The van der Waals surface area contributed by atoms with Crippen molar-refractivity contribution in [3.05, 3.63) is 161 Å². The van der Waals surface area contributed by atoms with Crippen LogP contribution in [0.3, 0.4) is 0 Å². The molecule has 1 aliphatic carbocycles. The van der Waals surface area contributed by atoms with E-state index in [0.29, 0.717) is 0 Å². The van der Waals surface area contributed by atoms with E-state index in [4.69, 9.17) is 4.74 Å². The van der Waals surface area contributed by atoms with Crippen LogP contribution in [-0.4, -0.2) is 14.0 Å². The fourth-order valence-electron chi connectivity index (χ4n) is 9.25. The molecule has 0 aliphatic heterocycles. The quantitative estimate of drug-likeness (QED) is 0.127. The first kappa shape index (κ1) is 45.9. The van der Waals surface area contributed by atoms with Gasteiger partial charge in [-0.1, -0.05) is 150 Å². The van der Waals surface area contributed by atoms with E-state index in [-0.39, 0.29) is 20.3 Å². The van der Waals surface area contributed by atoms with Gasteiger partial charge in [0, 0.05) is 0 Å². The summed E-state index contributed by atoms with van der Waals surface area (Å²) in [5.74, 6) is 1.01. The average Bonchev–Trinajstić information content (AvgIpc) is 3.82. The molecule has 7 aromatic carbocycles. The first-order chi connectivity index (χ1) is 26.1. The zero-order chi connectivity index (χ0) is 39.9. The van der Waals surface area contributed by atoms with Gasteiger partial charge in [0.1, 0.15) is 5.75 Å². The van der Waals surface area contributed by atoms with Crippen LogP contribution < -0.4 is 4.74 Å². The maximum atomic E-state index is 5.95. The van der Waals surface area contributed by atoms with Crippen molar-refractivity contribution in [2.24, 2.45) is 0 Å². The molecule has 0 saturated carbocycles. The van der Waals surface area contributed by atoms with E-state index in [1.54, 1.807) is 18.2 Å². The molecule has 0 heterocycles. The maximum absolute atomic E-state index is 5.95. The van der Waals surface area contributed by atoms with Gasteiger partial charge in [-0.2, -0.15) is 12.1 Å². The third-order valence-corrected chi connectivity index (χ3v) is 11.0. The van der Waals surface area contributed by atoms with Crippen molar-refractivity contribution in [2.45, 2.75) is 101 Å². The Kier molecular flexibility index (Phi) is 14.8. The first-order valence-electron chi connectivity index (χ1n) is 19.7. The number of hydrogen-bond acceptors (Lipinski definition) is 1. The van der Waals surface area contributed by atoms with Gasteiger partial charge in [-0.05, 0) is 88.5 Å². The normalized spacial score (nSPS) is 11.8. The number of methoxy groups -OCH3 is 1. The number of benzene rings is 5. The fraction of sp³-hybridized carbons (Fsp3) is 0.296. The van der Waals surface area contributed by atoms with Crippen molar-refractivity contribution in [3.63, 3.8) is 0 Å². The topological polar surface area (TPSA) is 9.23 Å². The third kappa shape index (κ3) is 9.42. The summed E-state index contributed by atoms with van der Waals surface area (Å²) in [4.78, 5) is 0. The number of hydrogen-bond donors (Lipinski definition) is 0. The Morgan fingerprint density at radius 3 is 1.39 bits per heavy atom. The van der Waals surface area contributed by atoms with Gasteiger partial charge in [-0.3, -0.25) is 0 Å². The molecule has 1 nitrogen and oxygen atoms in total. The molecule has 1 aliphatic rings. The summed E-state index contributed by atoms with van der Waals surface area (Å²) >= 11 is 1.36. The van der Waals surface area contributed by atoms with Crippen LogP contribution >= 0.6 is 0 Å². The summed E-state index contributed by atoms with van der Waals surface area (Å²) in [6.45, 7) is 27.4. The molecule has 296 valence electrons. The van der Waals surface area contributed by atoms with E-state index in [1.165, 1.54) is 148 Å². The monoisotopic (exact) mass is 844 g/mol. The molecule has 0 bridgehead atoms. The molecule has 0 atom stereocenters. The van der Waals surface area contributed by atoms with E-state index in [0.717, 1.165) is 5.75 Å². The van der Waals surface area contributed by atoms with Crippen LogP contribution in [0.15, 0.2) is 84.9 Å². The summed E-state index contributed by atoms with van der Waals surface area (Å²) in [6, 6.07) is 32.5. The van der Waals surface area contributed by atoms with Gasteiger partial charge in [-0.15, -0.1) is 50.9 Å². The molecule has 7 aromatic rings. The molecule has 3 heteroatoms. The van der Waals surface area contributed by atoms with Crippen molar-refractivity contribution >= 4 is 28.4 Å². The third-order valence-electron chi connectivity index (χ3n) is 11.0. The first-order valence-corrected chi connectivity index (χ1v) is 23.8. The molecule has 57 heavy (non-hydrogen) atoms. The molecule has 8 rings (SSSR count). The molecule has 0 unspecified atom stereocenters. The van der Waals surface area contributed by atoms with Crippen LogP contribution in [0.25, 0.3) is 54.9 Å².